The van der Waals surface area contributed by atoms with Gasteiger partial charge in [-0.05, 0) is 42.8 Å². The molecule has 0 fully saturated rings. The van der Waals surface area contributed by atoms with Gasteiger partial charge in [-0.25, -0.2) is 9.79 Å². The Morgan fingerprint density at radius 1 is 1.06 bits per heavy atom. The molecular formula is C21H22F3N7O. The summed E-state index contributed by atoms with van der Waals surface area (Å²) in [7, 11) is 1.57. The molecule has 2 aromatic rings. The van der Waals surface area contributed by atoms with Crippen molar-refractivity contribution in [3.05, 3.63) is 65.2 Å². The predicted molar refractivity (Wildman–Crippen MR) is 121 cm³/mol. The van der Waals surface area contributed by atoms with Crippen LogP contribution >= 0.6 is 0 Å². The molecule has 0 aliphatic carbocycles. The van der Waals surface area contributed by atoms with E-state index in [0.717, 1.165) is 18.5 Å². The van der Waals surface area contributed by atoms with Gasteiger partial charge in [0, 0.05) is 24.1 Å². The highest BCUT2D eigenvalue weighted by Gasteiger charge is 2.30. The third kappa shape index (κ3) is 6.17. The van der Waals surface area contributed by atoms with Crippen LogP contribution in [0.1, 0.15) is 18.1 Å². The van der Waals surface area contributed by atoms with Crippen LogP contribution in [0.15, 0.2) is 64.1 Å². The summed E-state index contributed by atoms with van der Waals surface area (Å²) in [6.45, 7) is 1.70. The van der Waals surface area contributed by atoms with Crippen molar-refractivity contribution in [3.8, 4) is 0 Å². The lowest BCUT2D eigenvalue weighted by atomic mass is 10.0. The molecule has 11 heteroatoms. The zero-order valence-corrected chi connectivity index (χ0v) is 17.3. The van der Waals surface area contributed by atoms with E-state index < -0.39 is 17.8 Å². The molecule has 0 aromatic heterocycles. The van der Waals surface area contributed by atoms with Crippen molar-refractivity contribution in [3.63, 3.8) is 0 Å². The van der Waals surface area contributed by atoms with Crippen LogP contribution in [0.2, 0.25) is 0 Å². The minimum Gasteiger partial charge on any atom is -0.398 e. The number of urea groups is 1. The van der Waals surface area contributed by atoms with Crippen molar-refractivity contribution < 1.29 is 18.0 Å². The molecule has 7 N–H and O–H groups in total. The van der Waals surface area contributed by atoms with Gasteiger partial charge >= 0.3 is 12.2 Å². The molecule has 0 unspecified atom stereocenters. The highest BCUT2D eigenvalue weighted by Crippen LogP contribution is 2.30. The normalized spacial score (nSPS) is 13.3. The number of rotatable bonds is 6. The Labute approximate surface area is 182 Å². The number of nitrogens with two attached hydrogens (primary N) is 2. The second-order valence-corrected chi connectivity index (χ2v) is 6.48. The van der Waals surface area contributed by atoms with Crippen LogP contribution in [0.4, 0.5) is 29.3 Å². The lowest BCUT2D eigenvalue weighted by molar-refractivity contribution is -0.137. The van der Waals surface area contributed by atoms with E-state index in [1.54, 1.807) is 38.2 Å². The monoisotopic (exact) mass is 445 g/mol. The van der Waals surface area contributed by atoms with E-state index in [1.165, 1.54) is 12.1 Å². The number of halogens is 3. The van der Waals surface area contributed by atoms with Crippen molar-refractivity contribution in [2.45, 2.75) is 13.1 Å². The summed E-state index contributed by atoms with van der Waals surface area (Å²) in [4.78, 5) is 20.0. The standard InChI is InChI=1S/C21H22F3N7O/c1-12(28-2)17(19(27)29-11-25)18(26)13-6-8-15(9-7-13)30-20(32)31-16-5-3-4-14(10-16)21(22,23)24/h3-11H,26H2,1-2H3,(H3,25,27,29)(H2,30,31,32). The quantitative estimate of drug-likeness (QED) is 0.338. The minimum atomic E-state index is -4.51. The molecule has 0 atom stereocenters. The average Bonchev–Trinajstić information content (AvgIpc) is 2.74. The maximum Gasteiger partial charge on any atom is 0.416 e. The van der Waals surface area contributed by atoms with Crippen LogP contribution in [-0.2, 0) is 6.18 Å². The van der Waals surface area contributed by atoms with E-state index in [0.29, 0.717) is 22.5 Å². The van der Waals surface area contributed by atoms with E-state index in [4.69, 9.17) is 16.9 Å². The van der Waals surface area contributed by atoms with Gasteiger partial charge in [0.25, 0.3) is 0 Å². The molecule has 2 aromatic carbocycles. The number of amides is 2. The van der Waals surface area contributed by atoms with E-state index in [1.807, 2.05) is 0 Å². The van der Waals surface area contributed by atoms with Gasteiger partial charge in [0.15, 0.2) is 0 Å². The summed E-state index contributed by atoms with van der Waals surface area (Å²) in [6, 6.07) is 9.97. The van der Waals surface area contributed by atoms with Crippen molar-refractivity contribution in [1.29, 1.82) is 5.41 Å². The molecule has 0 radical (unpaired) electrons. The number of hydrogen-bond donors (Lipinski definition) is 5. The Hall–Kier alpha value is -4.15. The first-order valence-corrected chi connectivity index (χ1v) is 9.18. The van der Waals surface area contributed by atoms with E-state index in [-0.39, 0.29) is 17.2 Å². The molecule has 8 nitrogen and oxygen atoms in total. The van der Waals surface area contributed by atoms with Gasteiger partial charge in [-0.15, -0.1) is 0 Å². The predicted octanol–water partition coefficient (Wildman–Crippen LogP) is 4.07. The van der Waals surface area contributed by atoms with Crippen molar-refractivity contribution in [2.75, 3.05) is 17.7 Å². The number of carbonyl (C=O) groups excluding carboxylic acids is 1. The molecule has 2 rings (SSSR count). The number of nitrogens with one attached hydrogen (secondary N) is 3. The second kappa shape index (κ2) is 10.2. The summed E-state index contributed by atoms with van der Waals surface area (Å²) < 4.78 is 38.4. The van der Waals surface area contributed by atoms with Crippen LogP contribution in [0.3, 0.4) is 0 Å². The first-order valence-electron chi connectivity index (χ1n) is 9.18. The lowest BCUT2D eigenvalue weighted by Crippen LogP contribution is -2.24. The number of aliphatic imine (C=N–C) groups is 2. The maximum atomic E-state index is 12.8. The molecule has 0 heterocycles. The first-order chi connectivity index (χ1) is 15.1. The number of anilines is 2. The summed E-state index contributed by atoms with van der Waals surface area (Å²) in [5.41, 5.74) is 13.4. The molecule has 0 aliphatic rings. The summed E-state index contributed by atoms with van der Waals surface area (Å²) in [6.07, 6.45) is -3.72. The number of amidine groups is 1. The van der Waals surface area contributed by atoms with E-state index in [9.17, 15) is 18.0 Å². The van der Waals surface area contributed by atoms with Gasteiger partial charge in [0.05, 0.1) is 16.8 Å². The van der Waals surface area contributed by atoms with Gasteiger partial charge in [0.2, 0.25) is 0 Å². The molecule has 0 aliphatic heterocycles. The molecule has 0 saturated heterocycles. The summed E-state index contributed by atoms with van der Waals surface area (Å²) in [5.74, 6) is 0.0308. The zero-order valence-electron chi connectivity index (χ0n) is 17.3. The molecule has 0 spiro atoms. The number of alkyl halides is 3. The van der Waals surface area contributed by atoms with Crippen LogP contribution in [0, 0.1) is 5.41 Å². The largest absolute Gasteiger partial charge is 0.416 e. The summed E-state index contributed by atoms with van der Waals surface area (Å²) >= 11 is 0. The summed E-state index contributed by atoms with van der Waals surface area (Å²) in [5, 5.41) is 12.0. The third-order valence-electron chi connectivity index (χ3n) is 4.33. The number of nitrogens with zero attached hydrogens (tertiary/aromatic N) is 2. The van der Waals surface area contributed by atoms with Gasteiger partial charge in [-0.2, -0.15) is 13.2 Å². The molecule has 32 heavy (non-hydrogen) atoms. The van der Waals surface area contributed by atoms with Crippen LogP contribution in [-0.4, -0.2) is 31.0 Å². The molecule has 2 amide bonds. The minimum absolute atomic E-state index is 0.000975. The zero-order chi connectivity index (χ0) is 23.9. The molecule has 0 saturated carbocycles. The fourth-order valence-corrected chi connectivity index (χ4v) is 2.71. The third-order valence-corrected chi connectivity index (χ3v) is 4.33. The van der Waals surface area contributed by atoms with Crippen LogP contribution < -0.4 is 22.1 Å². The molecular weight excluding hydrogens is 423 g/mol. The molecule has 0 bridgehead atoms. The maximum absolute atomic E-state index is 12.8. The highest BCUT2D eigenvalue weighted by atomic mass is 19.4. The fraction of sp³-hybridized carbons (Fsp3) is 0.143. The van der Waals surface area contributed by atoms with Gasteiger partial charge in [0.1, 0.15) is 12.2 Å². The highest BCUT2D eigenvalue weighted by molar-refractivity contribution is 6.27. The van der Waals surface area contributed by atoms with E-state index >= 15 is 0 Å². The van der Waals surface area contributed by atoms with E-state index in [2.05, 4.69) is 20.6 Å². The van der Waals surface area contributed by atoms with Gasteiger partial charge in [-0.1, -0.05) is 18.2 Å². The van der Waals surface area contributed by atoms with Gasteiger partial charge in [-0.3, -0.25) is 10.4 Å². The number of hydrogen-bond acceptors (Lipinski definition) is 4. The average molecular weight is 445 g/mol. The Bertz CT molecular complexity index is 1090. The Morgan fingerprint density at radius 2 is 1.69 bits per heavy atom. The van der Waals surface area contributed by atoms with Crippen molar-refractivity contribution in [1.82, 2.24) is 0 Å². The topological polar surface area (TPSA) is 142 Å². The SMILES string of the molecule is CN=C(C)C(C(N)=NC=N)=C(N)c1ccc(NC(=O)Nc2cccc(C(F)(F)F)c2)cc1. The first kappa shape index (κ1) is 24.1. The second-order valence-electron chi connectivity index (χ2n) is 6.48. The number of benzene rings is 2. The van der Waals surface area contributed by atoms with Crippen molar-refractivity contribution in [2.24, 2.45) is 21.5 Å². The fourth-order valence-electron chi connectivity index (χ4n) is 2.71. The lowest BCUT2D eigenvalue weighted by Gasteiger charge is -2.13. The van der Waals surface area contributed by atoms with Crippen molar-refractivity contribution >= 4 is 41.0 Å². The number of carbonyl (C=O) groups is 1. The molecule has 168 valence electrons. The Kier molecular flexibility index (Phi) is 7.72. The Balaban J connectivity index is 2.19. The van der Waals surface area contributed by atoms with Gasteiger partial charge < -0.3 is 22.1 Å². The van der Waals surface area contributed by atoms with Crippen LogP contribution in [0.5, 0.6) is 0 Å². The van der Waals surface area contributed by atoms with Crippen LogP contribution in [0.25, 0.3) is 5.70 Å². The smallest absolute Gasteiger partial charge is 0.398 e. The Morgan fingerprint density at radius 3 is 2.25 bits per heavy atom.